The first-order chi connectivity index (χ1) is 7.42. The molecular formula is C12H20N2O. The first kappa shape index (κ1) is 9.61. The Labute approximate surface area is 91.2 Å². The van der Waals surface area contributed by atoms with Crippen LogP contribution >= 0.6 is 0 Å². The molecule has 0 aromatic heterocycles. The Kier molecular flexibility index (Phi) is 2.41. The van der Waals surface area contributed by atoms with Crippen molar-refractivity contribution in [1.82, 2.24) is 5.01 Å². The van der Waals surface area contributed by atoms with E-state index >= 15 is 0 Å². The molecule has 0 aromatic carbocycles. The summed E-state index contributed by atoms with van der Waals surface area (Å²) in [5, 5.41) is 5.29. The van der Waals surface area contributed by atoms with Gasteiger partial charge in [0.25, 0.3) is 0 Å². The van der Waals surface area contributed by atoms with Gasteiger partial charge in [0.05, 0.1) is 17.4 Å². The fraction of sp³-hybridized carbons (Fsp3) is 1.00. The minimum atomic E-state index is 0.504. The van der Waals surface area contributed by atoms with Gasteiger partial charge in [-0.2, -0.15) is 0 Å². The molecule has 0 unspecified atom stereocenters. The molecule has 0 bridgehead atoms. The molecule has 1 saturated heterocycles. The first-order valence-electron chi connectivity index (χ1n) is 6.53. The van der Waals surface area contributed by atoms with Crippen molar-refractivity contribution in [3.05, 3.63) is 4.91 Å². The van der Waals surface area contributed by atoms with E-state index in [0.717, 1.165) is 11.8 Å². The lowest BCUT2D eigenvalue weighted by molar-refractivity contribution is 0.142. The highest BCUT2D eigenvalue weighted by Crippen LogP contribution is 2.49. The maximum atomic E-state index is 11.0. The van der Waals surface area contributed by atoms with Crippen LogP contribution in [0, 0.1) is 16.7 Å². The van der Waals surface area contributed by atoms with E-state index in [4.69, 9.17) is 0 Å². The lowest BCUT2D eigenvalue weighted by Gasteiger charge is -2.29. The van der Waals surface area contributed by atoms with Gasteiger partial charge in [-0.3, -0.25) is 5.01 Å². The topological polar surface area (TPSA) is 32.7 Å². The highest BCUT2D eigenvalue weighted by Gasteiger charge is 2.50. The van der Waals surface area contributed by atoms with Crippen LogP contribution in [0.2, 0.25) is 0 Å². The molecule has 3 aliphatic rings. The minimum absolute atomic E-state index is 0.504. The van der Waals surface area contributed by atoms with E-state index in [-0.39, 0.29) is 0 Å². The van der Waals surface area contributed by atoms with Crippen molar-refractivity contribution in [2.75, 3.05) is 0 Å². The zero-order valence-corrected chi connectivity index (χ0v) is 9.27. The maximum Gasteiger partial charge on any atom is 0.0537 e. The van der Waals surface area contributed by atoms with Gasteiger partial charge in [-0.15, -0.1) is 4.91 Å². The monoisotopic (exact) mass is 208 g/mol. The normalized spacial score (nSPS) is 44.7. The van der Waals surface area contributed by atoms with Crippen LogP contribution in [-0.4, -0.2) is 17.1 Å². The molecule has 3 rings (SSSR count). The van der Waals surface area contributed by atoms with Crippen LogP contribution in [-0.2, 0) is 0 Å². The summed E-state index contributed by atoms with van der Waals surface area (Å²) in [6.07, 6.45) is 10.5. The smallest absolute Gasteiger partial charge is 0.0537 e. The molecule has 1 heterocycles. The van der Waals surface area contributed by atoms with E-state index in [0.29, 0.717) is 12.1 Å². The Morgan fingerprint density at radius 3 is 1.73 bits per heavy atom. The summed E-state index contributed by atoms with van der Waals surface area (Å²) >= 11 is 0. The van der Waals surface area contributed by atoms with Crippen molar-refractivity contribution in [3.8, 4) is 0 Å². The summed E-state index contributed by atoms with van der Waals surface area (Å²) in [6, 6.07) is 1.01. The molecule has 2 saturated carbocycles. The van der Waals surface area contributed by atoms with Gasteiger partial charge in [0.1, 0.15) is 0 Å². The molecule has 15 heavy (non-hydrogen) atoms. The third kappa shape index (κ3) is 1.39. The first-order valence-corrected chi connectivity index (χ1v) is 6.53. The predicted molar refractivity (Wildman–Crippen MR) is 59.1 cm³/mol. The SMILES string of the molecule is O=NN1[C@@H]2CCCC[C@@H]2[C@@H]2CCCC[C@@H]21. The van der Waals surface area contributed by atoms with Crippen LogP contribution < -0.4 is 0 Å². The summed E-state index contributed by atoms with van der Waals surface area (Å²) in [6.45, 7) is 0. The van der Waals surface area contributed by atoms with Gasteiger partial charge < -0.3 is 0 Å². The van der Waals surface area contributed by atoms with Gasteiger partial charge >= 0.3 is 0 Å². The maximum absolute atomic E-state index is 11.0. The number of hydrogen-bond acceptors (Lipinski definition) is 2. The Morgan fingerprint density at radius 2 is 1.27 bits per heavy atom. The average molecular weight is 208 g/mol. The van der Waals surface area contributed by atoms with Gasteiger partial charge in [-0.25, -0.2) is 0 Å². The summed E-state index contributed by atoms with van der Waals surface area (Å²) in [4.78, 5) is 11.0. The van der Waals surface area contributed by atoms with E-state index in [1.54, 1.807) is 0 Å². The summed E-state index contributed by atoms with van der Waals surface area (Å²) in [7, 11) is 0. The largest absolute Gasteiger partial charge is 0.254 e. The van der Waals surface area contributed by atoms with Gasteiger partial charge in [-0.1, -0.05) is 25.7 Å². The second-order valence-electron chi connectivity index (χ2n) is 5.49. The van der Waals surface area contributed by atoms with Gasteiger partial charge in [0.15, 0.2) is 0 Å². The number of nitrogens with zero attached hydrogens (tertiary/aromatic N) is 2. The molecule has 3 nitrogen and oxygen atoms in total. The number of fused-ring (bicyclic) bond motifs is 3. The summed E-state index contributed by atoms with van der Waals surface area (Å²) < 4.78 is 0. The quantitative estimate of drug-likeness (QED) is 0.620. The zero-order chi connectivity index (χ0) is 10.3. The van der Waals surface area contributed by atoms with E-state index in [1.807, 2.05) is 5.01 Å². The van der Waals surface area contributed by atoms with Gasteiger partial charge in [0.2, 0.25) is 0 Å². The third-order valence-corrected chi connectivity index (χ3v) is 4.89. The predicted octanol–water partition coefficient (Wildman–Crippen LogP) is 3.10. The number of rotatable bonds is 1. The highest BCUT2D eigenvalue weighted by atomic mass is 16.3. The van der Waals surface area contributed by atoms with E-state index in [1.165, 1.54) is 51.4 Å². The Hall–Kier alpha value is -0.600. The van der Waals surface area contributed by atoms with E-state index < -0.39 is 0 Å². The summed E-state index contributed by atoms with van der Waals surface area (Å²) in [5.74, 6) is 1.59. The number of nitroso groups, excluding NO2 is 1. The van der Waals surface area contributed by atoms with Crippen LogP contribution in [0.25, 0.3) is 0 Å². The van der Waals surface area contributed by atoms with Crippen LogP contribution in [0.3, 0.4) is 0 Å². The molecular weight excluding hydrogens is 188 g/mol. The zero-order valence-electron chi connectivity index (χ0n) is 9.27. The number of hydrogen-bond donors (Lipinski definition) is 0. The molecule has 0 aromatic rings. The van der Waals surface area contributed by atoms with Gasteiger partial charge in [0, 0.05) is 0 Å². The van der Waals surface area contributed by atoms with Crippen LogP contribution in [0.4, 0.5) is 0 Å². The van der Waals surface area contributed by atoms with E-state index in [2.05, 4.69) is 5.29 Å². The van der Waals surface area contributed by atoms with Crippen LogP contribution in [0.1, 0.15) is 51.4 Å². The average Bonchev–Trinajstić information content (AvgIpc) is 2.63. The highest BCUT2D eigenvalue weighted by molar-refractivity contribution is 5.01. The summed E-state index contributed by atoms with van der Waals surface area (Å²) in [5.41, 5.74) is 0. The van der Waals surface area contributed by atoms with Crippen LogP contribution in [0.15, 0.2) is 5.29 Å². The lowest BCUT2D eigenvalue weighted by Crippen LogP contribution is -2.34. The lowest BCUT2D eigenvalue weighted by atomic mass is 9.73. The standard InChI is InChI=1S/C12H20N2O/c15-13-14-11-7-3-1-5-9(11)10-6-2-4-8-12(10)14/h9-12H,1-8H2/t9-,10+,11-,12+. The second-order valence-corrected chi connectivity index (χ2v) is 5.49. The molecule has 2 aliphatic carbocycles. The van der Waals surface area contributed by atoms with E-state index in [9.17, 15) is 4.91 Å². The Balaban J connectivity index is 1.86. The fourth-order valence-electron chi connectivity index (χ4n) is 4.30. The molecule has 0 spiro atoms. The Bertz CT molecular complexity index is 234. The molecule has 1 aliphatic heterocycles. The van der Waals surface area contributed by atoms with Crippen molar-refractivity contribution in [2.45, 2.75) is 63.5 Å². The van der Waals surface area contributed by atoms with Crippen molar-refractivity contribution < 1.29 is 0 Å². The molecule has 4 atom stereocenters. The molecule has 0 N–H and O–H groups in total. The molecule has 0 amide bonds. The molecule has 3 heteroatoms. The molecule has 3 fully saturated rings. The molecule has 84 valence electrons. The van der Waals surface area contributed by atoms with Crippen molar-refractivity contribution in [2.24, 2.45) is 17.1 Å². The van der Waals surface area contributed by atoms with Crippen molar-refractivity contribution in [1.29, 1.82) is 0 Å². The second kappa shape index (κ2) is 3.76. The minimum Gasteiger partial charge on any atom is -0.254 e. The fourth-order valence-corrected chi connectivity index (χ4v) is 4.30. The van der Waals surface area contributed by atoms with Gasteiger partial charge in [-0.05, 0) is 37.5 Å². The molecule has 0 radical (unpaired) electrons. The van der Waals surface area contributed by atoms with Crippen molar-refractivity contribution >= 4 is 0 Å². The van der Waals surface area contributed by atoms with Crippen molar-refractivity contribution in [3.63, 3.8) is 0 Å². The Morgan fingerprint density at radius 1 is 0.800 bits per heavy atom. The third-order valence-electron chi connectivity index (χ3n) is 4.89. The van der Waals surface area contributed by atoms with Crippen LogP contribution in [0.5, 0.6) is 0 Å².